The number of urea groups is 1. The second kappa shape index (κ2) is 8.91. The molecule has 3 rings (SSSR count). The number of nitrogens with zero attached hydrogens (tertiary/aromatic N) is 2. The van der Waals surface area contributed by atoms with E-state index in [2.05, 4.69) is 42.3 Å². The number of nitrogens with one attached hydrogen (secondary N) is 1. The molecule has 0 radical (unpaired) electrons. The number of piperazine rings is 1. The highest BCUT2D eigenvalue weighted by atomic mass is 16.2. The average Bonchev–Trinajstić information content (AvgIpc) is 2.73. The summed E-state index contributed by atoms with van der Waals surface area (Å²) in [4.78, 5) is 28.4. The quantitative estimate of drug-likeness (QED) is 0.785. The van der Waals surface area contributed by atoms with E-state index in [9.17, 15) is 9.59 Å². The first kappa shape index (κ1) is 19.9. The molecule has 2 aromatic rings. The average molecular weight is 380 g/mol. The highest BCUT2D eigenvalue weighted by Gasteiger charge is 2.23. The SMILES string of the molecule is CCc1cccc(CC)c1N1CCN(C(=O)Nc2cccc(C(C)=O)c2)CC1. The Morgan fingerprint density at radius 2 is 1.54 bits per heavy atom. The first-order valence-corrected chi connectivity index (χ1v) is 10.1. The van der Waals surface area contributed by atoms with Gasteiger partial charge in [-0.3, -0.25) is 4.79 Å². The van der Waals surface area contributed by atoms with E-state index in [0.29, 0.717) is 24.3 Å². The van der Waals surface area contributed by atoms with Gasteiger partial charge in [0.05, 0.1) is 0 Å². The van der Waals surface area contributed by atoms with Gasteiger partial charge in [0, 0.05) is 43.1 Å². The lowest BCUT2D eigenvalue weighted by Gasteiger charge is -2.38. The number of ketones is 1. The zero-order valence-electron chi connectivity index (χ0n) is 17.0. The molecule has 0 atom stereocenters. The van der Waals surface area contributed by atoms with Crippen LogP contribution in [0.3, 0.4) is 0 Å². The van der Waals surface area contributed by atoms with Gasteiger partial charge in [-0.15, -0.1) is 0 Å². The van der Waals surface area contributed by atoms with Gasteiger partial charge in [0.1, 0.15) is 0 Å². The van der Waals surface area contributed by atoms with Crippen LogP contribution in [0.1, 0.15) is 42.3 Å². The molecule has 1 aliphatic rings. The number of amides is 2. The van der Waals surface area contributed by atoms with Gasteiger partial charge >= 0.3 is 6.03 Å². The molecule has 0 bridgehead atoms. The fourth-order valence-electron chi connectivity index (χ4n) is 3.77. The van der Waals surface area contributed by atoms with Crippen LogP contribution in [-0.4, -0.2) is 42.9 Å². The summed E-state index contributed by atoms with van der Waals surface area (Å²) in [6.45, 7) is 8.92. The van der Waals surface area contributed by atoms with Crippen LogP contribution in [0.15, 0.2) is 42.5 Å². The van der Waals surface area contributed by atoms with Gasteiger partial charge in [-0.05, 0) is 43.0 Å². The highest BCUT2D eigenvalue weighted by Crippen LogP contribution is 2.28. The predicted molar refractivity (Wildman–Crippen MR) is 114 cm³/mol. The van der Waals surface area contributed by atoms with Crippen molar-refractivity contribution in [3.8, 4) is 0 Å². The van der Waals surface area contributed by atoms with Crippen molar-refractivity contribution in [2.75, 3.05) is 36.4 Å². The van der Waals surface area contributed by atoms with Crippen LogP contribution < -0.4 is 10.2 Å². The van der Waals surface area contributed by atoms with Crippen LogP contribution >= 0.6 is 0 Å². The first-order chi connectivity index (χ1) is 13.5. The molecule has 2 amide bonds. The van der Waals surface area contributed by atoms with Crippen molar-refractivity contribution in [1.82, 2.24) is 4.90 Å². The molecule has 5 heteroatoms. The van der Waals surface area contributed by atoms with Gasteiger partial charge in [0.25, 0.3) is 0 Å². The van der Waals surface area contributed by atoms with Crippen molar-refractivity contribution in [2.45, 2.75) is 33.6 Å². The Morgan fingerprint density at radius 3 is 2.11 bits per heavy atom. The summed E-state index contributed by atoms with van der Waals surface area (Å²) in [5.41, 5.74) is 5.36. The molecule has 148 valence electrons. The Balaban J connectivity index is 1.65. The second-order valence-corrected chi connectivity index (χ2v) is 7.17. The Morgan fingerprint density at radius 1 is 0.929 bits per heavy atom. The highest BCUT2D eigenvalue weighted by molar-refractivity contribution is 5.96. The predicted octanol–water partition coefficient (Wildman–Crippen LogP) is 4.37. The molecule has 1 N–H and O–H groups in total. The van der Waals surface area contributed by atoms with E-state index in [1.807, 2.05) is 11.0 Å². The lowest BCUT2D eigenvalue weighted by Crippen LogP contribution is -2.50. The van der Waals surface area contributed by atoms with Gasteiger partial charge in [0.2, 0.25) is 0 Å². The molecule has 0 saturated carbocycles. The summed E-state index contributed by atoms with van der Waals surface area (Å²) in [6, 6.07) is 13.5. The normalized spacial score (nSPS) is 14.1. The molecular formula is C23H29N3O2. The van der Waals surface area contributed by atoms with Crippen molar-refractivity contribution in [3.05, 3.63) is 59.2 Å². The summed E-state index contributed by atoms with van der Waals surface area (Å²) >= 11 is 0. The maximum absolute atomic E-state index is 12.6. The Hall–Kier alpha value is -2.82. The van der Waals surface area contributed by atoms with Crippen LogP contribution in [0.4, 0.5) is 16.2 Å². The molecular weight excluding hydrogens is 350 g/mol. The van der Waals surface area contributed by atoms with E-state index >= 15 is 0 Å². The molecule has 0 aromatic heterocycles. The van der Waals surface area contributed by atoms with Gasteiger partial charge < -0.3 is 15.1 Å². The van der Waals surface area contributed by atoms with Gasteiger partial charge in [-0.25, -0.2) is 4.79 Å². The summed E-state index contributed by atoms with van der Waals surface area (Å²) in [6.07, 6.45) is 2.02. The lowest BCUT2D eigenvalue weighted by molar-refractivity contribution is 0.101. The van der Waals surface area contributed by atoms with Crippen molar-refractivity contribution in [1.29, 1.82) is 0 Å². The molecule has 0 spiro atoms. The minimum atomic E-state index is -0.111. The third-order valence-electron chi connectivity index (χ3n) is 5.37. The van der Waals surface area contributed by atoms with Crippen LogP contribution in [0.2, 0.25) is 0 Å². The number of Topliss-reactive ketones (excluding diaryl/α,β-unsaturated/α-hetero) is 1. The fourth-order valence-corrected chi connectivity index (χ4v) is 3.77. The molecule has 1 heterocycles. The molecule has 28 heavy (non-hydrogen) atoms. The van der Waals surface area contributed by atoms with E-state index in [0.717, 1.165) is 25.9 Å². The number of benzene rings is 2. The van der Waals surface area contributed by atoms with Gasteiger partial charge in [-0.2, -0.15) is 0 Å². The minimum Gasteiger partial charge on any atom is -0.368 e. The monoisotopic (exact) mass is 379 g/mol. The van der Waals surface area contributed by atoms with E-state index in [-0.39, 0.29) is 11.8 Å². The number of rotatable bonds is 5. The molecule has 5 nitrogen and oxygen atoms in total. The van der Waals surface area contributed by atoms with Crippen molar-refractivity contribution in [3.63, 3.8) is 0 Å². The fraction of sp³-hybridized carbons (Fsp3) is 0.391. The Labute approximate surface area is 167 Å². The van der Waals surface area contributed by atoms with Crippen molar-refractivity contribution < 1.29 is 9.59 Å². The molecule has 0 unspecified atom stereocenters. The van der Waals surface area contributed by atoms with E-state index < -0.39 is 0 Å². The minimum absolute atomic E-state index is 0.00830. The molecule has 1 fully saturated rings. The molecule has 0 aliphatic carbocycles. The summed E-state index contributed by atoms with van der Waals surface area (Å²) in [7, 11) is 0. The first-order valence-electron chi connectivity index (χ1n) is 10.1. The molecule has 1 aliphatic heterocycles. The zero-order valence-corrected chi connectivity index (χ0v) is 17.0. The smallest absolute Gasteiger partial charge is 0.321 e. The van der Waals surface area contributed by atoms with Crippen molar-refractivity contribution in [2.24, 2.45) is 0 Å². The topological polar surface area (TPSA) is 52.6 Å². The lowest BCUT2D eigenvalue weighted by atomic mass is 10.0. The van der Waals surface area contributed by atoms with Crippen LogP contribution in [0.25, 0.3) is 0 Å². The van der Waals surface area contributed by atoms with E-state index in [1.54, 1.807) is 18.2 Å². The number of carbonyl (C=O) groups is 2. The van der Waals surface area contributed by atoms with Crippen molar-refractivity contribution >= 4 is 23.2 Å². The van der Waals surface area contributed by atoms with E-state index in [4.69, 9.17) is 0 Å². The maximum Gasteiger partial charge on any atom is 0.321 e. The summed E-state index contributed by atoms with van der Waals surface area (Å²) in [5, 5.41) is 2.92. The summed E-state index contributed by atoms with van der Waals surface area (Å²) in [5.74, 6) is -0.00830. The summed E-state index contributed by atoms with van der Waals surface area (Å²) < 4.78 is 0. The largest absolute Gasteiger partial charge is 0.368 e. The number of hydrogen-bond donors (Lipinski definition) is 1. The molecule has 1 saturated heterocycles. The van der Waals surface area contributed by atoms with Gasteiger partial charge in [0.15, 0.2) is 5.78 Å². The number of carbonyl (C=O) groups excluding carboxylic acids is 2. The third kappa shape index (κ3) is 4.35. The second-order valence-electron chi connectivity index (χ2n) is 7.17. The zero-order chi connectivity index (χ0) is 20.1. The number of para-hydroxylation sites is 1. The van der Waals surface area contributed by atoms with E-state index in [1.165, 1.54) is 23.7 Å². The standard InChI is InChI=1S/C23H29N3O2/c1-4-18-8-6-9-19(5-2)22(18)25-12-14-26(15-13-25)23(28)24-21-11-7-10-20(16-21)17(3)27/h6-11,16H,4-5,12-15H2,1-3H3,(H,24,28). The maximum atomic E-state index is 12.6. The van der Waals surface area contributed by atoms with Gasteiger partial charge in [-0.1, -0.05) is 44.2 Å². The third-order valence-corrected chi connectivity index (χ3v) is 5.37. The van der Waals surface area contributed by atoms with Crippen LogP contribution in [-0.2, 0) is 12.8 Å². The Bertz CT molecular complexity index is 832. The molecule has 2 aromatic carbocycles. The van der Waals surface area contributed by atoms with Crippen LogP contribution in [0.5, 0.6) is 0 Å². The number of anilines is 2. The number of hydrogen-bond acceptors (Lipinski definition) is 3. The Kier molecular flexibility index (Phi) is 6.34. The van der Waals surface area contributed by atoms with Crippen LogP contribution in [0, 0.1) is 0 Å². The number of aryl methyl sites for hydroxylation is 2.